The van der Waals surface area contributed by atoms with Crippen LogP contribution < -0.4 is 5.63 Å². The molecule has 1 aliphatic rings. The Morgan fingerprint density at radius 3 is 2.56 bits per heavy atom. The number of aliphatic imine (C=N–C) groups is 1. The number of halogens is 4. The minimum absolute atomic E-state index is 0.0104. The molecule has 0 bridgehead atoms. The largest absolute Gasteiger partial charge is 0.508 e. The van der Waals surface area contributed by atoms with Crippen LogP contribution in [-0.2, 0) is 6.18 Å². The van der Waals surface area contributed by atoms with Crippen LogP contribution in [0.2, 0.25) is 0 Å². The number of thioether (sulfide) groups is 1. The molecule has 2 N–H and O–H groups in total. The molecule has 4 rings (SSSR count). The van der Waals surface area contributed by atoms with Crippen LogP contribution in [0, 0.1) is 6.92 Å². The molecule has 3 aromatic rings. The zero-order chi connectivity index (χ0) is 23.2. The number of alkyl halides is 3. The van der Waals surface area contributed by atoms with Crippen LogP contribution in [0.4, 0.5) is 18.9 Å². The first-order valence-corrected chi connectivity index (χ1v) is 11.0. The summed E-state index contributed by atoms with van der Waals surface area (Å²) in [5, 5.41) is 20.3. The van der Waals surface area contributed by atoms with Crippen LogP contribution in [0.15, 0.2) is 66.0 Å². The third-order valence-corrected chi connectivity index (χ3v) is 6.67. The molecule has 0 fully saturated rings. The molecule has 32 heavy (non-hydrogen) atoms. The van der Waals surface area contributed by atoms with Crippen molar-refractivity contribution in [2.24, 2.45) is 4.99 Å². The summed E-state index contributed by atoms with van der Waals surface area (Å²) in [5.74, 6) is -0.212. The lowest BCUT2D eigenvalue weighted by Gasteiger charge is -2.18. The average molecular weight is 526 g/mol. The van der Waals surface area contributed by atoms with E-state index in [9.17, 15) is 28.2 Å². The Labute approximate surface area is 192 Å². The Morgan fingerprint density at radius 2 is 1.88 bits per heavy atom. The Balaban J connectivity index is 1.94. The van der Waals surface area contributed by atoms with Gasteiger partial charge in [0.05, 0.1) is 17.0 Å². The molecule has 1 aromatic heterocycles. The summed E-state index contributed by atoms with van der Waals surface area (Å²) in [7, 11) is 0. The van der Waals surface area contributed by atoms with Crippen LogP contribution in [0.3, 0.4) is 0 Å². The second kappa shape index (κ2) is 8.32. The van der Waals surface area contributed by atoms with Gasteiger partial charge in [-0.15, -0.1) is 11.8 Å². The number of phenolic OH excluding ortho intramolecular Hbond substituents is 1. The lowest BCUT2D eigenvalue weighted by Crippen LogP contribution is -2.17. The lowest BCUT2D eigenvalue weighted by molar-refractivity contribution is -0.137. The van der Waals surface area contributed by atoms with Crippen molar-refractivity contribution in [3.63, 3.8) is 0 Å². The molecule has 0 spiro atoms. The van der Waals surface area contributed by atoms with Crippen LogP contribution >= 0.6 is 27.7 Å². The van der Waals surface area contributed by atoms with Crippen LogP contribution in [0.25, 0.3) is 0 Å². The van der Waals surface area contributed by atoms with E-state index in [0.29, 0.717) is 14.9 Å². The molecule has 1 atom stereocenters. The molecule has 0 unspecified atom stereocenters. The van der Waals surface area contributed by atoms with Gasteiger partial charge in [-0.2, -0.15) is 13.2 Å². The van der Waals surface area contributed by atoms with Crippen molar-refractivity contribution in [2.45, 2.75) is 29.7 Å². The summed E-state index contributed by atoms with van der Waals surface area (Å²) in [4.78, 5) is 17.3. The summed E-state index contributed by atoms with van der Waals surface area (Å²) in [6, 6.07) is 9.26. The Morgan fingerprint density at radius 1 is 1.12 bits per heavy atom. The van der Waals surface area contributed by atoms with Crippen molar-refractivity contribution in [1.29, 1.82) is 0 Å². The first-order valence-electron chi connectivity index (χ1n) is 9.31. The molecule has 166 valence electrons. The highest BCUT2D eigenvalue weighted by molar-refractivity contribution is 9.10. The SMILES string of the molecule is Cc1cc(O)c(C2=Nc3cc(C(F)(F)F)ccc3S[C@H](c3cc(Br)ccc3O)C2)c(=O)o1. The number of hydrogen-bond acceptors (Lipinski definition) is 6. The Bertz CT molecular complexity index is 1300. The van der Waals surface area contributed by atoms with Gasteiger partial charge in [0.25, 0.3) is 0 Å². The fourth-order valence-corrected chi connectivity index (χ4v) is 5.03. The van der Waals surface area contributed by atoms with Gasteiger partial charge in [0.1, 0.15) is 22.8 Å². The highest BCUT2D eigenvalue weighted by Crippen LogP contribution is 2.49. The van der Waals surface area contributed by atoms with E-state index in [1.54, 1.807) is 12.1 Å². The number of phenols is 1. The smallest absolute Gasteiger partial charge is 0.416 e. The fourth-order valence-electron chi connectivity index (χ4n) is 3.42. The number of nitrogens with zero attached hydrogens (tertiary/aromatic N) is 1. The van der Waals surface area contributed by atoms with E-state index in [1.165, 1.54) is 36.9 Å². The van der Waals surface area contributed by atoms with Crippen molar-refractivity contribution in [3.8, 4) is 11.5 Å². The molecule has 0 radical (unpaired) electrons. The maximum Gasteiger partial charge on any atom is 0.416 e. The molecule has 2 aromatic carbocycles. The molecule has 0 aliphatic carbocycles. The van der Waals surface area contributed by atoms with Gasteiger partial charge in [0.2, 0.25) is 0 Å². The summed E-state index contributed by atoms with van der Waals surface area (Å²) >= 11 is 4.57. The molecule has 5 nitrogen and oxygen atoms in total. The maximum absolute atomic E-state index is 13.3. The zero-order valence-corrected chi connectivity index (χ0v) is 18.8. The minimum Gasteiger partial charge on any atom is -0.508 e. The third-order valence-electron chi connectivity index (χ3n) is 4.87. The average Bonchev–Trinajstić information content (AvgIpc) is 2.87. The summed E-state index contributed by atoms with van der Waals surface area (Å²) in [6.07, 6.45) is -4.53. The fraction of sp³-hybridized carbons (Fsp3) is 0.182. The minimum atomic E-state index is -4.57. The van der Waals surface area contributed by atoms with Crippen molar-refractivity contribution in [2.75, 3.05) is 0 Å². The van der Waals surface area contributed by atoms with E-state index in [1.807, 2.05) is 0 Å². The Hall–Kier alpha value is -2.72. The highest BCUT2D eigenvalue weighted by atomic mass is 79.9. The second-order valence-corrected chi connectivity index (χ2v) is 9.32. The molecular formula is C22H15BrF3NO4S. The zero-order valence-electron chi connectivity index (χ0n) is 16.4. The molecule has 0 saturated heterocycles. The van der Waals surface area contributed by atoms with Crippen molar-refractivity contribution < 1.29 is 27.8 Å². The van der Waals surface area contributed by atoms with Crippen molar-refractivity contribution in [1.82, 2.24) is 0 Å². The maximum atomic E-state index is 13.3. The topological polar surface area (TPSA) is 83.0 Å². The molecule has 2 heterocycles. The lowest BCUT2D eigenvalue weighted by atomic mass is 10.0. The quantitative estimate of drug-likeness (QED) is 0.399. The predicted octanol–water partition coefficient (Wildman–Crippen LogP) is 6.50. The summed E-state index contributed by atoms with van der Waals surface area (Å²) in [6.45, 7) is 1.49. The van der Waals surface area contributed by atoms with Crippen molar-refractivity contribution >= 4 is 39.1 Å². The van der Waals surface area contributed by atoms with Crippen LogP contribution in [0.1, 0.15) is 34.1 Å². The first kappa shape index (κ1) is 22.5. The number of rotatable bonds is 2. The van der Waals surface area contributed by atoms with Crippen LogP contribution in [0.5, 0.6) is 11.5 Å². The standard InChI is InChI=1S/C22H15BrF3NO4S/c1-10-6-17(29)20(21(30)31-10)15-9-19(13-8-12(23)3-4-16(13)28)32-18-5-2-11(22(24,25)26)7-14(18)27-15/h2-8,19,28-29H,9H2,1H3/t19-/m0/s1. The van der Waals surface area contributed by atoms with Crippen molar-refractivity contribution in [3.05, 3.63) is 79.8 Å². The normalized spacial score (nSPS) is 16.3. The molecule has 0 saturated carbocycles. The predicted molar refractivity (Wildman–Crippen MR) is 118 cm³/mol. The molecule has 10 heteroatoms. The second-order valence-electron chi connectivity index (χ2n) is 7.16. The number of aryl methyl sites for hydroxylation is 1. The number of aromatic hydroxyl groups is 2. The van der Waals surface area contributed by atoms with Gasteiger partial charge in [-0.05, 0) is 43.3 Å². The van der Waals surface area contributed by atoms with E-state index >= 15 is 0 Å². The third kappa shape index (κ3) is 4.42. The van der Waals surface area contributed by atoms with E-state index in [0.717, 1.165) is 12.1 Å². The van der Waals surface area contributed by atoms with Gasteiger partial charge < -0.3 is 14.6 Å². The van der Waals surface area contributed by atoms with E-state index in [-0.39, 0.29) is 40.6 Å². The first-order chi connectivity index (χ1) is 15.0. The monoisotopic (exact) mass is 525 g/mol. The van der Waals surface area contributed by atoms with Gasteiger partial charge in [-0.25, -0.2) is 4.79 Å². The number of fused-ring (bicyclic) bond motifs is 1. The van der Waals surface area contributed by atoms with Gasteiger partial charge in [0, 0.05) is 32.7 Å². The summed E-state index contributed by atoms with van der Waals surface area (Å²) < 4.78 is 45.7. The molecule has 0 amide bonds. The van der Waals surface area contributed by atoms with E-state index in [4.69, 9.17) is 4.42 Å². The van der Waals surface area contributed by atoms with Gasteiger partial charge in [-0.3, -0.25) is 4.99 Å². The number of benzene rings is 2. The number of hydrogen-bond donors (Lipinski definition) is 2. The van der Waals surface area contributed by atoms with Crippen LogP contribution in [-0.4, -0.2) is 15.9 Å². The summed E-state index contributed by atoms with van der Waals surface area (Å²) in [5.41, 5.74) is -1.38. The Kier molecular flexibility index (Phi) is 5.85. The highest BCUT2D eigenvalue weighted by Gasteiger charge is 2.33. The van der Waals surface area contributed by atoms with Gasteiger partial charge in [0.15, 0.2) is 0 Å². The molecule has 1 aliphatic heterocycles. The van der Waals surface area contributed by atoms with Gasteiger partial charge >= 0.3 is 11.8 Å². The van der Waals surface area contributed by atoms with Gasteiger partial charge in [-0.1, -0.05) is 15.9 Å². The molecular weight excluding hydrogens is 511 g/mol. The van der Waals surface area contributed by atoms with E-state index < -0.39 is 22.6 Å². The van der Waals surface area contributed by atoms with E-state index in [2.05, 4.69) is 20.9 Å².